The first-order chi connectivity index (χ1) is 37.7. The number of nitrogens with zero attached hydrogens (tertiary/aromatic N) is 7. The summed E-state index contributed by atoms with van der Waals surface area (Å²) in [5, 5.41) is 17.6. The van der Waals surface area contributed by atoms with E-state index in [-0.39, 0.29) is 71.0 Å². The number of piperazine rings is 1. The van der Waals surface area contributed by atoms with E-state index in [1.165, 1.54) is 36.7 Å². The number of phenols is 1. The summed E-state index contributed by atoms with van der Waals surface area (Å²) in [6.07, 6.45) is 19.6. The molecule has 5 saturated heterocycles. The van der Waals surface area contributed by atoms with E-state index in [1.807, 2.05) is 6.07 Å². The summed E-state index contributed by atoms with van der Waals surface area (Å²) >= 11 is 0. The lowest BCUT2D eigenvalue weighted by Gasteiger charge is -2.35. The quantitative estimate of drug-likeness (QED) is 0.0265. The van der Waals surface area contributed by atoms with Crippen LogP contribution in [-0.4, -0.2) is 128 Å². The van der Waals surface area contributed by atoms with Crippen molar-refractivity contribution in [2.45, 2.75) is 120 Å². The number of fused-ring (bicyclic) bond motifs is 6. The van der Waals surface area contributed by atoms with E-state index >= 15 is 8.78 Å². The SMILES string of the molecule is C#Cc1c(F)ccc2cc(O)cc(-c3ncc4c(N5CC6CCC(C5)N6)nc(OCC56CC/C(=C\OC(=O)N(C)CCCCCCCCCc7cccc8c7C(=O)N(C7CCC(=O)NC7=O)C8=O)N5CC(=C)C6)nc4c3F)c12. The van der Waals surface area contributed by atoms with Gasteiger partial charge in [-0.3, -0.25) is 34.4 Å². The van der Waals surface area contributed by atoms with Gasteiger partial charge in [0.05, 0.1) is 33.3 Å². The maximum atomic E-state index is 17.2. The van der Waals surface area contributed by atoms with Crippen molar-refractivity contribution in [3.63, 3.8) is 0 Å². The van der Waals surface area contributed by atoms with Crippen molar-refractivity contribution in [3.05, 3.63) is 107 Å². The second kappa shape index (κ2) is 21.4. The van der Waals surface area contributed by atoms with E-state index in [2.05, 4.69) is 42.9 Å². The van der Waals surface area contributed by atoms with Crippen LogP contribution in [0.15, 0.2) is 72.8 Å². The summed E-state index contributed by atoms with van der Waals surface area (Å²) in [6, 6.07) is 10.1. The van der Waals surface area contributed by atoms with Crippen LogP contribution in [0, 0.1) is 24.0 Å². The number of aromatic hydroxyl groups is 1. The molecular formula is C59H61F2N9O8. The van der Waals surface area contributed by atoms with Crippen LogP contribution >= 0.6 is 0 Å². The topological polar surface area (TPSA) is 200 Å². The highest BCUT2D eigenvalue weighted by Gasteiger charge is 2.49. The van der Waals surface area contributed by atoms with Crippen LogP contribution in [0.3, 0.4) is 0 Å². The predicted molar refractivity (Wildman–Crippen MR) is 286 cm³/mol. The summed E-state index contributed by atoms with van der Waals surface area (Å²) in [4.78, 5) is 85.1. The third-order valence-corrected chi connectivity index (χ3v) is 16.4. The number of halogens is 2. The minimum absolute atomic E-state index is 0.0279. The zero-order chi connectivity index (χ0) is 54.4. The van der Waals surface area contributed by atoms with Crippen LogP contribution in [0.4, 0.5) is 19.4 Å². The number of amides is 5. The Morgan fingerprint density at radius 1 is 0.974 bits per heavy atom. The van der Waals surface area contributed by atoms with Crippen molar-refractivity contribution >= 4 is 57.2 Å². The Labute approximate surface area is 450 Å². The Hall–Kier alpha value is -7.98. The molecule has 3 N–H and O–H groups in total. The average molecular weight is 1060 g/mol. The first-order valence-electron chi connectivity index (χ1n) is 27.0. The number of anilines is 1. The molecule has 6 aliphatic heterocycles. The van der Waals surface area contributed by atoms with Gasteiger partial charge in [0.1, 0.15) is 47.5 Å². The Morgan fingerprint density at radius 2 is 1.74 bits per heavy atom. The monoisotopic (exact) mass is 1060 g/mol. The number of nitrogens with one attached hydrogen (secondary N) is 2. The van der Waals surface area contributed by atoms with E-state index < -0.39 is 52.9 Å². The van der Waals surface area contributed by atoms with Gasteiger partial charge < -0.3 is 34.6 Å². The lowest BCUT2D eigenvalue weighted by atomic mass is 9.94. The summed E-state index contributed by atoms with van der Waals surface area (Å²) in [6.45, 7) is 6.80. The number of allylic oxidation sites excluding steroid dienone is 1. The molecule has 0 saturated carbocycles. The molecule has 78 heavy (non-hydrogen) atoms. The van der Waals surface area contributed by atoms with Gasteiger partial charge in [-0.2, -0.15) is 9.97 Å². The number of ether oxygens (including phenoxy) is 2. The third-order valence-electron chi connectivity index (χ3n) is 16.4. The second-order valence-corrected chi connectivity index (χ2v) is 21.7. The van der Waals surface area contributed by atoms with Crippen molar-refractivity contribution in [2.75, 3.05) is 44.7 Å². The summed E-state index contributed by atoms with van der Waals surface area (Å²) in [5.41, 5.74) is 2.55. The molecule has 0 radical (unpaired) electrons. The maximum Gasteiger partial charge on any atom is 0.414 e. The minimum atomic E-state index is -0.993. The van der Waals surface area contributed by atoms with E-state index in [0.717, 1.165) is 79.5 Å². The number of imide groups is 2. The van der Waals surface area contributed by atoms with Crippen LogP contribution < -0.4 is 20.3 Å². The zero-order valence-electron chi connectivity index (χ0n) is 43.5. The van der Waals surface area contributed by atoms with Gasteiger partial charge in [-0.15, -0.1) is 6.42 Å². The molecular weight excluding hydrogens is 1000 g/mol. The molecule has 5 amide bonds. The lowest BCUT2D eigenvalue weighted by Crippen LogP contribution is -2.54. The minimum Gasteiger partial charge on any atom is -0.508 e. The Kier molecular flexibility index (Phi) is 14.3. The Balaban J connectivity index is 0.690. The molecule has 404 valence electrons. The van der Waals surface area contributed by atoms with Gasteiger partial charge in [-0.1, -0.05) is 68.4 Å². The molecule has 8 heterocycles. The molecule has 3 aromatic carbocycles. The van der Waals surface area contributed by atoms with Crippen LogP contribution in [-0.2, 0) is 20.7 Å². The van der Waals surface area contributed by atoms with Crippen molar-refractivity contribution in [1.29, 1.82) is 0 Å². The number of phenolic OH excluding ortho intramolecular Hbond substituents is 1. The van der Waals surface area contributed by atoms with Gasteiger partial charge in [0.25, 0.3) is 11.8 Å². The molecule has 0 aliphatic carbocycles. The standard InChI is InChI=1S/C59H61F2N9O8/c1-4-41-45(60)19-16-36-25-40(71)26-43(48(36)41)51-50(61)52-44(28-62-51)53(68-30-37-17-18-38(31-68)63-37)66-57(65-52)78-33-59-23-22-39(69(59)29-34(2)27-59)32-77-58(76)67(3)24-11-9-7-5-6-8-10-13-35-14-12-15-42-49(35)56(75)70(55(42)74)46-20-21-47(72)64-54(46)73/h1,12,14-16,19,25-26,28,32,37-38,46,63,71H,2,5-11,13,17-18,20-24,27,29-31,33H2,3H3,(H,64,72,73)/b39-32+. The molecule has 17 nitrogen and oxygen atoms in total. The van der Waals surface area contributed by atoms with E-state index in [1.54, 1.807) is 24.1 Å². The number of rotatable bonds is 17. The number of aromatic nitrogens is 3. The van der Waals surface area contributed by atoms with Crippen LogP contribution in [0.1, 0.15) is 122 Å². The fourth-order valence-electron chi connectivity index (χ4n) is 12.5. The van der Waals surface area contributed by atoms with Gasteiger partial charge in [0.2, 0.25) is 11.8 Å². The number of carbonyl (C=O) groups is 5. The number of carbonyl (C=O) groups excluding carboxylic acids is 5. The van der Waals surface area contributed by atoms with Gasteiger partial charge in [0.15, 0.2) is 5.82 Å². The molecule has 2 bridgehead atoms. The molecule has 19 heteroatoms. The van der Waals surface area contributed by atoms with Crippen molar-refractivity contribution < 1.29 is 47.3 Å². The smallest absolute Gasteiger partial charge is 0.414 e. The molecule has 5 fully saturated rings. The highest BCUT2D eigenvalue weighted by atomic mass is 19.1. The van der Waals surface area contributed by atoms with Crippen molar-refractivity contribution in [3.8, 4) is 35.4 Å². The Morgan fingerprint density at radius 3 is 2.51 bits per heavy atom. The Bertz CT molecular complexity index is 3390. The number of unbranched alkanes of at least 4 members (excludes halogenated alkanes) is 6. The normalized spacial score (nSPS) is 22.2. The molecule has 5 aromatic rings. The fourth-order valence-corrected chi connectivity index (χ4v) is 12.5. The van der Waals surface area contributed by atoms with Gasteiger partial charge in [-0.25, -0.2) is 13.6 Å². The maximum absolute atomic E-state index is 17.2. The summed E-state index contributed by atoms with van der Waals surface area (Å²) in [5.74, 6) is -0.765. The number of hydrogen-bond donors (Lipinski definition) is 3. The van der Waals surface area contributed by atoms with Gasteiger partial charge >= 0.3 is 12.1 Å². The number of benzene rings is 3. The van der Waals surface area contributed by atoms with Crippen LogP contribution in [0.5, 0.6) is 11.8 Å². The number of terminal acetylenes is 1. The van der Waals surface area contributed by atoms with E-state index in [4.69, 9.17) is 20.9 Å². The third kappa shape index (κ3) is 9.86. The number of hydrogen-bond acceptors (Lipinski definition) is 14. The van der Waals surface area contributed by atoms with Crippen molar-refractivity contribution in [1.82, 2.24) is 40.3 Å². The highest BCUT2D eigenvalue weighted by Crippen LogP contribution is 2.47. The van der Waals surface area contributed by atoms with Crippen LogP contribution in [0.2, 0.25) is 0 Å². The first kappa shape index (κ1) is 52.1. The zero-order valence-corrected chi connectivity index (χ0v) is 43.5. The number of piperidine rings is 1. The predicted octanol–water partition coefficient (Wildman–Crippen LogP) is 8.21. The second-order valence-electron chi connectivity index (χ2n) is 21.7. The number of pyridine rings is 1. The molecule has 6 aliphatic rings. The fraction of sp³-hybridized carbons (Fsp3) is 0.424. The molecule has 0 spiro atoms. The first-order valence-corrected chi connectivity index (χ1v) is 27.0. The van der Waals surface area contributed by atoms with Crippen LogP contribution in [0.25, 0.3) is 32.9 Å². The van der Waals surface area contributed by atoms with Gasteiger partial charge in [-0.05, 0) is 93.0 Å². The molecule has 11 rings (SSSR count). The summed E-state index contributed by atoms with van der Waals surface area (Å²) < 4.78 is 44.6. The van der Waals surface area contributed by atoms with E-state index in [9.17, 15) is 29.1 Å². The van der Waals surface area contributed by atoms with Gasteiger partial charge in [0, 0.05) is 68.9 Å². The molecule has 4 unspecified atom stereocenters. The average Bonchev–Trinajstić information content (AvgIpc) is 4.30. The molecule has 2 aromatic heterocycles. The molecule has 4 atom stereocenters. The lowest BCUT2D eigenvalue weighted by molar-refractivity contribution is -0.136. The van der Waals surface area contributed by atoms with Crippen molar-refractivity contribution in [2.24, 2.45) is 0 Å². The number of aryl methyl sites for hydroxylation is 1. The summed E-state index contributed by atoms with van der Waals surface area (Å²) in [7, 11) is 1.72. The highest BCUT2D eigenvalue weighted by molar-refractivity contribution is 6.24. The van der Waals surface area contributed by atoms with E-state index in [0.29, 0.717) is 79.6 Å². The largest absolute Gasteiger partial charge is 0.508 e.